The van der Waals surface area contributed by atoms with Gasteiger partial charge in [-0.2, -0.15) is 0 Å². The largest absolute Gasteiger partial charge is 0.330 e. The zero-order chi connectivity index (χ0) is 15.7. The van der Waals surface area contributed by atoms with Crippen molar-refractivity contribution in [1.82, 2.24) is 9.97 Å². The molecule has 2 aromatic rings. The summed E-state index contributed by atoms with van der Waals surface area (Å²) in [6.45, 7) is 4.89. The van der Waals surface area contributed by atoms with E-state index in [2.05, 4.69) is 13.8 Å². The number of nitrogens with zero attached hydrogens (tertiary/aromatic N) is 2. The zero-order valence-corrected chi connectivity index (χ0v) is 14.4. The average molecular weight is 336 g/mol. The van der Waals surface area contributed by atoms with Crippen molar-refractivity contribution in [2.75, 3.05) is 6.54 Å². The summed E-state index contributed by atoms with van der Waals surface area (Å²) in [5.41, 5.74) is 10.1. The summed E-state index contributed by atoms with van der Waals surface area (Å²) >= 11 is 0. The first-order valence-electron chi connectivity index (χ1n) is 7.94. The second-order valence-electron chi connectivity index (χ2n) is 6.36. The maximum Gasteiger partial charge on any atom is 0.131 e. The highest BCUT2D eigenvalue weighted by Gasteiger charge is 2.24. The third-order valence-corrected chi connectivity index (χ3v) is 4.36. The molecule has 0 saturated carbocycles. The van der Waals surface area contributed by atoms with Crippen LogP contribution in [0.3, 0.4) is 0 Å². The topological polar surface area (TPSA) is 51.8 Å². The molecule has 3 nitrogen and oxygen atoms in total. The fourth-order valence-electron chi connectivity index (χ4n) is 3.01. The Balaban J connectivity index is 0.00000192. The van der Waals surface area contributed by atoms with Crippen LogP contribution in [0, 0.1) is 11.7 Å². The van der Waals surface area contributed by atoms with Gasteiger partial charge in [0.2, 0.25) is 0 Å². The Labute approximate surface area is 143 Å². The summed E-state index contributed by atoms with van der Waals surface area (Å²) < 4.78 is 13.2. The molecule has 0 spiro atoms. The van der Waals surface area contributed by atoms with Gasteiger partial charge in [0.1, 0.15) is 11.6 Å². The van der Waals surface area contributed by atoms with Crippen molar-refractivity contribution < 1.29 is 4.39 Å². The first kappa shape index (κ1) is 17.8. The highest BCUT2D eigenvalue weighted by atomic mass is 35.5. The molecule has 0 radical (unpaired) electrons. The lowest BCUT2D eigenvalue weighted by Crippen LogP contribution is -2.24. The molecule has 1 aliphatic carbocycles. The van der Waals surface area contributed by atoms with E-state index in [1.807, 2.05) is 0 Å². The molecular formula is C18H23ClFN3. The summed E-state index contributed by atoms with van der Waals surface area (Å²) in [5, 5.41) is 0. The highest BCUT2D eigenvalue weighted by Crippen LogP contribution is 2.32. The summed E-state index contributed by atoms with van der Waals surface area (Å²) in [4.78, 5) is 9.55. The van der Waals surface area contributed by atoms with Gasteiger partial charge in [0.25, 0.3) is 0 Å². The molecule has 1 unspecified atom stereocenters. The van der Waals surface area contributed by atoms with Crippen molar-refractivity contribution in [3.63, 3.8) is 0 Å². The lowest BCUT2D eigenvalue weighted by Gasteiger charge is -2.25. The fourth-order valence-corrected chi connectivity index (χ4v) is 3.01. The molecule has 3 rings (SSSR count). The summed E-state index contributed by atoms with van der Waals surface area (Å²) in [6.07, 6.45) is 2.94. The van der Waals surface area contributed by atoms with Gasteiger partial charge in [0, 0.05) is 22.7 Å². The van der Waals surface area contributed by atoms with Gasteiger partial charge in [0.05, 0.1) is 5.69 Å². The van der Waals surface area contributed by atoms with Gasteiger partial charge in [-0.25, -0.2) is 14.4 Å². The molecule has 0 amide bonds. The number of nitrogens with two attached hydrogens (primary N) is 1. The molecule has 0 saturated heterocycles. The van der Waals surface area contributed by atoms with Gasteiger partial charge in [-0.05, 0) is 56.0 Å². The minimum atomic E-state index is -0.223. The number of hydrogen-bond acceptors (Lipinski definition) is 3. The van der Waals surface area contributed by atoms with E-state index in [9.17, 15) is 4.39 Å². The first-order valence-corrected chi connectivity index (χ1v) is 7.94. The van der Waals surface area contributed by atoms with E-state index >= 15 is 0 Å². The van der Waals surface area contributed by atoms with Crippen LogP contribution in [-0.2, 0) is 12.8 Å². The van der Waals surface area contributed by atoms with Crippen molar-refractivity contribution in [2.24, 2.45) is 11.7 Å². The zero-order valence-electron chi connectivity index (χ0n) is 13.6. The van der Waals surface area contributed by atoms with Gasteiger partial charge in [-0.1, -0.05) is 13.8 Å². The molecular weight excluding hydrogens is 313 g/mol. The Morgan fingerprint density at radius 3 is 2.52 bits per heavy atom. The van der Waals surface area contributed by atoms with Crippen LogP contribution in [-0.4, -0.2) is 16.5 Å². The Morgan fingerprint density at radius 2 is 1.91 bits per heavy atom. The van der Waals surface area contributed by atoms with Gasteiger partial charge >= 0.3 is 0 Å². The van der Waals surface area contributed by atoms with Crippen LogP contribution in [0.15, 0.2) is 24.3 Å². The van der Waals surface area contributed by atoms with Crippen LogP contribution in [0.25, 0.3) is 11.3 Å². The molecule has 5 heteroatoms. The quantitative estimate of drug-likeness (QED) is 0.925. The lowest BCUT2D eigenvalue weighted by molar-refractivity contribution is 0.458. The molecule has 1 atom stereocenters. The summed E-state index contributed by atoms with van der Waals surface area (Å²) in [7, 11) is 0. The van der Waals surface area contributed by atoms with Crippen molar-refractivity contribution in [1.29, 1.82) is 0 Å². The third-order valence-electron chi connectivity index (χ3n) is 4.36. The van der Waals surface area contributed by atoms with Crippen LogP contribution in [0.4, 0.5) is 4.39 Å². The van der Waals surface area contributed by atoms with E-state index in [1.54, 1.807) is 12.1 Å². The van der Waals surface area contributed by atoms with E-state index < -0.39 is 0 Å². The van der Waals surface area contributed by atoms with Gasteiger partial charge in [-0.15, -0.1) is 12.4 Å². The monoisotopic (exact) mass is 335 g/mol. The first-order chi connectivity index (χ1) is 10.6. The standard InChI is InChI=1S/C18H22FN3.ClH/c1-11(2)18-21-16-9-12(10-20)3-8-15(16)17(22-18)13-4-6-14(19)7-5-13;/h4-7,11-12H,3,8-10,20H2,1-2H3;1H. The average Bonchev–Trinajstić information content (AvgIpc) is 2.54. The van der Waals surface area contributed by atoms with E-state index in [4.69, 9.17) is 15.7 Å². The van der Waals surface area contributed by atoms with Crippen LogP contribution < -0.4 is 5.73 Å². The fraction of sp³-hybridized carbons (Fsp3) is 0.444. The molecule has 23 heavy (non-hydrogen) atoms. The second kappa shape index (κ2) is 7.37. The maximum atomic E-state index is 13.2. The number of fused-ring (bicyclic) bond motifs is 1. The predicted octanol–water partition coefficient (Wildman–Crippen LogP) is 3.89. The Hall–Kier alpha value is -1.52. The molecule has 1 heterocycles. The van der Waals surface area contributed by atoms with Crippen molar-refractivity contribution in [2.45, 2.75) is 39.0 Å². The van der Waals surface area contributed by atoms with Crippen LogP contribution in [0.2, 0.25) is 0 Å². The maximum absolute atomic E-state index is 13.2. The Morgan fingerprint density at radius 1 is 1.22 bits per heavy atom. The van der Waals surface area contributed by atoms with Crippen LogP contribution in [0.5, 0.6) is 0 Å². The Bertz CT molecular complexity index is 671. The van der Waals surface area contributed by atoms with Crippen molar-refractivity contribution in [3.8, 4) is 11.3 Å². The highest BCUT2D eigenvalue weighted by molar-refractivity contribution is 5.85. The minimum Gasteiger partial charge on any atom is -0.330 e. The SMILES string of the molecule is CC(C)c1nc2c(c(-c3ccc(F)cc3)n1)CCC(CN)C2.Cl. The minimum absolute atomic E-state index is 0. The van der Waals surface area contributed by atoms with E-state index in [0.717, 1.165) is 42.0 Å². The van der Waals surface area contributed by atoms with E-state index in [0.29, 0.717) is 12.5 Å². The van der Waals surface area contributed by atoms with Gasteiger partial charge in [-0.3, -0.25) is 0 Å². The molecule has 0 bridgehead atoms. The lowest BCUT2D eigenvalue weighted by atomic mass is 9.85. The number of rotatable bonds is 3. The molecule has 2 N–H and O–H groups in total. The van der Waals surface area contributed by atoms with Gasteiger partial charge < -0.3 is 5.73 Å². The number of hydrogen-bond donors (Lipinski definition) is 1. The summed E-state index contributed by atoms with van der Waals surface area (Å²) in [6, 6.07) is 6.59. The molecule has 0 fully saturated rings. The molecule has 1 aromatic carbocycles. The van der Waals surface area contributed by atoms with E-state index in [1.165, 1.54) is 17.7 Å². The second-order valence-corrected chi connectivity index (χ2v) is 6.36. The number of aromatic nitrogens is 2. The normalized spacial score (nSPS) is 16.8. The molecule has 1 aliphatic rings. The predicted molar refractivity (Wildman–Crippen MR) is 93.3 cm³/mol. The molecule has 1 aromatic heterocycles. The van der Waals surface area contributed by atoms with Gasteiger partial charge in [0.15, 0.2) is 0 Å². The number of halogens is 2. The number of benzene rings is 1. The van der Waals surface area contributed by atoms with E-state index in [-0.39, 0.29) is 24.1 Å². The smallest absolute Gasteiger partial charge is 0.131 e. The van der Waals surface area contributed by atoms with Crippen molar-refractivity contribution >= 4 is 12.4 Å². The van der Waals surface area contributed by atoms with Crippen LogP contribution >= 0.6 is 12.4 Å². The van der Waals surface area contributed by atoms with Crippen LogP contribution in [0.1, 0.15) is 43.3 Å². The summed E-state index contributed by atoms with van der Waals surface area (Å²) in [5.74, 6) is 1.40. The Kier molecular flexibility index (Phi) is 5.71. The third kappa shape index (κ3) is 3.70. The molecule has 0 aliphatic heterocycles. The molecule has 124 valence electrons. The van der Waals surface area contributed by atoms with Crippen molar-refractivity contribution in [3.05, 3.63) is 47.2 Å².